The molecule has 1 N–H and O–H groups in total. The SMILES string of the molecule is CCOC(=O)C(CCCl)NP(C)N(CC)CC. The number of hydrogen-bond donors (Lipinski definition) is 1. The molecule has 0 spiro atoms. The maximum atomic E-state index is 11.7. The van der Waals surface area contributed by atoms with Gasteiger partial charge >= 0.3 is 5.97 Å². The Balaban J connectivity index is 4.36. The summed E-state index contributed by atoms with van der Waals surface area (Å²) < 4.78 is 7.34. The average molecular weight is 283 g/mol. The van der Waals surface area contributed by atoms with Crippen LogP contribution in [0.15, 0.2) is 0 Å². The number of esters is 1. The van der Waals surface area contributed by atoms with E-state index in [1.54, 1.807) is 0 Å². The first-order valence-electron chi connectivity index (χ1n) is 6.07. The summed E-state index contributed by atoms with van der Waals surface area (Å²) in [6, 6.07) is -0.288. The fraction of sp³-hybridized carbons (Fsp3) is 0.909. The van der Waals surface area contributed by atoms with Crippen LogP contribution in [-0.4, -0.2) is 48.9 Å². The number of halogens is 1. The standard InChI is InChI=1S/C11H24ClN2O2P/c1-5-14(6-2)17(4)13-10(8-9-12)11(15)16-7-3/h10,13H,5-9H2,1-4H3. The summed E-state index contributed by atoms with van der Waals surface area (Å²) in [4.78, 5) is 11.7. The Labute approximate surface area is 111 Å². The Bertz CT molecular complexity index is 216. The highest BCUT2D eigenvalue weighted by molar-refractivity contribution is 7.52. The van der Waals surface area contributed by atoms with E-state index in [0.29, 0.717) is 18.9 Å². The van der Waals surface area contributed by atoms with E-state index in [0.717, 1.165) is 13.1 Å². The van der Waals surface area contributed by atoms with Gasteiger partial charge in [-0.3, -0.25) is 14.6 Å². The predicted molar refractivity (Wildman–Crippen MR) is 74.7 cm³/mol. The second kappa shape index (κ2) is 10.1. The number of hydrogen-bond acceptors (Lipinski definition) is 4. The highest BCUT2D eigenvalue weighted by Gasteiger charge is 2.22. The molecule has 0 aliphatic heterocycles. The van der Waals surface area contributed by atoms with E-state index in [2.05, 4.69) is 30.3 Å². The van der Waals surface area contributed by atoms with Crippen LogP contribution < -0.4 is 5.09 Å². The molecule has 2 unspecified atom stereocenters. The van der Waals surface area contributed by atoms with E-state index < -0.39 is 8.22 Å². The quantitative estimate of drug-likeness (QED) is 0.401. The van der Waals surface area contributed by atoms with Crippen LogP contribution in [0.3, 0.4) is 0 Å². The normalized spacial score (nSPS) is 14.7. The summed E-state index contributed by atoms with van der Waals surface area (Å²) in [5.41, 5.74) is 0. The molecule has 0 rings (SSSR count). The van der Waals surface area contributed by atoms with Crippen molar-refractivity contribution >= 4 is 25.8 Å². The lowest BCUT2D eigenvalue weighted by Gasteiger charge is -2.29. The van der Waals surface area contributed by atoms with E-state index in [4.69, 9.17) is 16.3 Å². The second-order valence-corrected chi connectivity index (χ2v) is 5.82. The van der Waals surface area contributed by atoms with Crippen molar-refractivity contribution in [3.8, 4) is 0 Å². The summed E-state index contributed by atoms with van der Waals surface area (Å²) in [7, 11) is -0.514. The highest BCUT2D eigenvalue weighted by atomic mass is 35.5. The van der Waals surface area contributed by atoms with Gasteiger partial charge in [0.05, 0.1) is 6.61 Å². The molecule has 0 aliphatic rings. The molecule has 0 radical (unpaired) electrons. The fourth-order valence-corrected chi connectivity index (χ4v) is 3.46. The first-order valence-corrected chi connectivity index (χ1v) is 8.35. The van der Waals surface area contributed by atoms with Gasteiger partial charge in [-0.1, -0.05) is 13.8 Å². The molecule has 6 heteroatoms. The van der Waals surface area contributed by atoms with Crippen molar-refractivity contribution < 1.29 is 9.53 Å². The number of nitrogens with one attached hydrogen (secondary N) is 1. The molecule has 0 aromatic rings. The number of alkyl halides is 1. The third-order valence-corrected chi connectivity index (χ3v) is 4.78. The van der Waals surface area contributed by atoms with Gasteiger partial charge in [-0.25, -0.2) is 0 Å². The average Bonchev–Trinajstić information content (AvgIpc) is 2.30. The van der Waals surface area contributed by atoms with Crippen molar-refractivity contribution in [3.05, 3.63) is 0 Å². The third-order valence-electron chi connectivity index (χ3n) is 2.47. The fourth-order valence-electron chi connectivity index (χ4n) is 1.54. The highest BCUT2D eigenvalue weighted by Crippen LogP contribution is 2.31. The molecule has 0 heterocycles. The van der Waals surface area contributed by atoms with E-state index >= 15 is 0 Å². The molecular weight excluding hydrogens is 259 g/mol. The molecule has 0 bridgehead atoms. The zero-order valence-corrected chi connectivity index (χ0v) is 12.9. The molecule has 0 amide bonds. The van der Waals surface area contributed by atoms with Crippen LogP contribution in [0.5, 0.6) is 0 Å². The van der Waals surface area contributed by atoms with Crippen molar-refractivity contribution in [2.75, 3.05) is 32.2 Å². The maximum Gasteiger partial charge on any atom is 0.323 e. The monoisotopic (exact) mass is 282 g/mol. The van der Waals surface area contributed by atoms with Crippen molar-refractivity contribution in [3.63, 3.8) is 0 Å². The van der Waals surface area contributed by atoms with Crippen molar-refractivity contribution in [1.82, 2.24) is 9.76 Å². The third kappa shape index (κ3) is 6.56. The van der Waals surface area contributed by atoms with Gasteiger partial charge in [0.15, 0.2) is 0 Å². The number of carbonyl (C=O) groups excluding carboxylic acids is 1. The van der Waals surface area contributed by atoms with Gasteiger partial charge in [0.2, 0.25) is 0 Å². The van der Waals surface area contributed by atoms with E-state index in [-0.39, 0.29) is 12.0 Å². The molecule has 0 aliphatic carbocycles. The van der Waals surface area contributed by atoms with Crippen LogP contribution in [0.2, 0.25) is 0 Å². The van der Waals surface area contributed by atoms with E-state index in [1.807, 2.05) is 6.92 Å². The molecular formula is C11H24ClN2O2P. The molecule has 4 nitrogen and oxygen atoms in total. The summed E-state index contributed by atoms with van der Waals surface area (Å²) in [5.74, 6) is 0.257. The zero-order valence-electron chi connectivity index (χ0n) is 11.2. The summed E-state index contributed by atoms with van der Waals surface area (Å²) in [6.07, 6.45) is 0.605. The van der Waals surface area contributed by atoms with Gasteiger partial charge in [0.25, 0.3) is 0 Å². The van der Waals surface area contributed by atoms with Gasteiger partial charge in [0, 0.05) is 27.2 Å². The van der Waals surface area contributed by atoms with Crippen LogP contribution in [-0.2, 0) is 9.53 Å². The summed E-state index contributed by atoms with van der Waals surface area (Å²) >= 11 is 5.72. The maximum absolute atomic E-state index is 11.7. The van der Waals surface area contributed by atoms with Gasteiger partial charge < -0.3 is 4.74 Å². The van der Waals surface area contributed by atoms with E-state index in [9.17, 15) is 4.79 Å². The second-order valence-electron chi connectivity index (χ2n) is 3.57. The first kappa shape index (κ1) is 17.1. The number of ether oxygens (including phenoxy) is 1. The van der Waals surface area contributed by atoms with Crippen LogP contribution in [0, 0.1) is 0 Å². The van der Waals surface area contributed by atoms with Crippen molar-refractivity contribution in [2.24, 2.45) is 0 Å². The Hall–Kier alpha value is 0.110. The molecule has 0 saturated heterocycles. The van der Waals surface area contributed by atoms with Gasteiger partial charge in [-0.15, -0.1) is 11.6 Å². The molecule has 0 fully saturated rings. The lowest BCUT2D eigenvalue weighted by Crippen LogP contribution is -2.38. The van der Waals surface area contributed by atoms with Gasteiger partial charge in [0.1, 0.15) is 6.04 Å². The van der Waals surface area contributed by atoms with Crippen LogP contribution >= 0.6 is 19.8 Å². The molecule has 0 saturated carbocycles. The molecule has 2 atom stereocenters. The van der Waals surface area contributed by atoms with E-state index in [1.165, 1.54) is 0 Å². The van der Waals surface area contributed by atoms with Gasteiger partial charge in [-0.2, -0.15) is 0 Å². The number of nitrogens with zero attached hydrogens (tertiary/aromatic N) is 1. The van der Waals surface area contributed by atoms with Gasteiger partial charge in [-0.05, 0) is 20.0 Å². The van der Waals surface area contributed by atoms with Crippen molar-refractivity contribution in [2.45, 2.75) is 33.2 Å². The smallest absolute Gasteiger partial charge is 0.323 e. The number of carbonyl (C=O) groups is 1. The Morgan fingerprint density at radius 1 is 1.41 bits per heavy atom. The summed E-state index contributed by atoms with van der Waals surface area (Å²) in [6.45, 7) is 10.5. The zero-order chi connectivity index (χ0) is 13.3. The minimum atomic E-state index is -0.514. The molecule has 102 valence electrons. The first-order chi connectivity index (χ1) is 8.10. The van der Waals surface area contributed by atoms with Crippen LogP contribution in [0.4, 0.5) is 0 Å². The summed E-state index contributed by atoms with van der Waals surface area (Å²) in [5, 5.41) is 3.34. The lowest BCUT2D eigenvalue weighted by atomic mass is 10.2. The Morgan fingerprint density at radius 3 is 2.41 bits per heavy atom. The molecule has 17 heavy (non-hydrogen) atoms. The molecule has 0 aromatic carbocycles. The topological polar surface area (TPSA) is 41.6 Å². The van der Waals surface area contributed by atoms with Crippen molar-refractivity contribution in [1.29, 1.82) is 0 Å². The Morgan fingerprint density at radius 2 is 2.00 bits per heavy atom. The predicted octanol–water partition coefficient (Wildman–Crippen LogP) is 2.42. The van der Waals surface area contributed by atoms with Crippen LogP contribution in [0.1, 0.15) is 27.2 Å². The lowest BCUT2D eigenvalue weighted by molar-refractivity contribution is -0.145. The largest absolute Gasteiger partial charge is 0.465 e. The minimum absolute atomic E-state index is 0.199. The number of rotatable bonds is 9. The Kier molecular flexibility index (Phi) is 10.1. The van der Waals surface area contributed by atoms with Crippen LogP contribution in [0.25, 0.3) is 0 Å². The molecule has 0 aromatic heterocycles. The minimum Gasteiger partial charge on any atom is -0.465 e.